The Kier molecular flexibility index (Phi) is 9.11. The number of aromatic nitrogens is 4. The molecule has 1 aliphatic carbocycles. The molecule has 0 atom stereocenters. The van der Waals surface area contributed by atoms with Gasteiger partial charge in [0, 0.05) is 44.0 Å². The molecule has 10 nitrogen and oxygen atoms in total. The van der Waals surface area contributed by atoms with Gasteiger partial charge in [-0.05, 0) is 24.6 Å². The third-order valence-electron chi connectivity index (χ3n) is 6.19. The van der Waals surface area contributed by atoms with Crippen LogP contribution in [0.2, 0.25) is 0 Å². The molecule has 1 saturated carbocycles. The standard InChI is InChI=1S/C19H23N7O3.C6H12/c27-19(28)20-5-1-6-26-7-4-14-12-22-18(24-17(14)26)23-15-2-3-16(21-13-15)25-8-10-29-11-9-25;1-2-4-6-5-3-1/h2-4,7,12-13,20H,1,5-6,8-11H2,(H,27,28)(H,22,23,24);1-6H2. The maximum Gasteiger partial charge on any atom is 0.404 e. The summed E-state index contributed by atoms with van der Waals surface area (Å²) in [5, 5.41) is 15.1. The van der Waals surface area contributed by atoms with Crippen molar-refractivity contribution in [2.45, 2.75) is 51.5 Å². The van der Waals surface area contributed by atoms with E-state index in [1.807, 2.05) is 29.0 Å². The van der Waals surface area contributed by atoms with Crippen LogP contribution in [0, 0.1) is 0 Å². The molecule has 0 spiro atoms. The van der Waals surface area contributed by atoms with Gasteiger partial charge in [-0.1, -0.05) is 38.5 Å². The van der Waals surface area contributed by atoms with E-state index in [-0.39, 0.29) is 0 Å². The molecule has 5 rings (SSSR count). The number of pyridine rings is 1. The fourth-order valence-electron chi connectivity index (χ4n) is 4.29. The molecule has 188 valence electrons. The largest absolute Gasteiger partial charge is 0.465 e. The quantitative estimate of drug-likeness (QED) is 0.425. The zero-order chi connectivity index (χ0) is 24.3. The van der Waals surface area contributed by atoms with Crippen molar-refractivity contribution in [3.05, 3.63) is 36.8 Å². The number of fused-ring (bicyclic) bond motifs is 1. The van der Waals surface area contributed by atoms with Gasteiger partial charge in [0.2, 0.25) is 5.95 Å². The third kappa shape index (κ3) is 7.54. The molecule has 0 aromatic carbocycles. The number of carboxylic acid groups (broad SMARTS) is 1. The molecule has 0 bridgehead atoms. The molecule has 10 heteroatoms. The van der Waals surface area contributed by atoms with Gasteiger partial charge in [-0.3, -0.25) is 0 Å². The molecular weight excluding hydrogens is 446 g/mol. The lowest BCUT2D eigenvalue weighted by molar-refractivity contribution is 0.122. The molecule has 1 aliphatic heterocycles. The van der Waals surface area contributed by atoms with Crippen LogP contribution >= 0.6 is 0 Å². The summed E-state index contributed by atoms with van der Waals surface area (Å²) in [7, 11) is 0. The average Bonchev–Trinajstić information content (AvgIpc) is 3.31. The van der Waals surface area contributed by atoms with Crippen molar-refractivity contribution in [3.8, 4) is 0 Å². The number of morpholine rings is 1. The Morgan fingerprint density at radius 1 is 1.00 bits per heavy atom. The highest BCUT2D eigenvalue weighted by molar-refractivity contribution is 5.76. The van der Waals surface area contributed by atoms with Crippen molar-refractivity contribution in [3.63, 3.8) is 0 Å². The Bertz CT molecular complexity index is 1050. The van der Waals surface area contributed by atoms with Crippen LogP contribution in [0.3, 0.4) is 0 Å². The number of nitrogens with one attached hydrogen (secondary N) is 2. The SMILES string of the molecule is C1CCCCC1.O=C(O)NCCCn1ccc2cnc(Nc3ccc(N4CCOCC4)nc3)nc21. The summed E-state index contributed by atoms with van der Waals surface area (Å²) in [4.78, 5) is 26.2. The Morgan fingerprint density at radius 2 is 1.74 bits per heavy atom. The molecular formula is C25H35N7O3. The normalized spacial score (nSPS) is 15.8. The van der Waals surface area contributed by atoms with E-state index in [0.29, 0.717) is 25.5 Å². The summed E-state index contributed by atoms with van der Waals surface area (Å²) in [6, 6.07) is 5.88. The summed E-state index contributed by atoms with van der Waals surface area (Å²) in [6.45, 7) is 4.20. The third-order valence-corrected chi connectivity index (χ3v) is 6.19. The molecule has 1 amide bonds. The van der Waals surface area contributed by atoms with Crippen LogP contribution in [-0.4, -0.2) is 63.6 Å². The monoisotopic (exact) mass is 481 g/mol. The van der Waals surface area contributed by atoms with Crippen molar-refractivity contribution in [2.24, 2.45) is 0 Å². The Balaban J connectivity index is 0.000000421. The minimum Gasteiger partial charge on any atom is -0.465 e. The molecule has 3 aromatic heterocycles. The molecule has 3 aromatic rings. The Hall–Kier alpha value is -3.40. The second kappa shape index (κ2) is 12.9. The molecule has 4 heterocycles. The molecule has 0 radical (unpaired) electrons. The Labute approximate surface area is 205 Å². The summed E-state index contributed by atoms with van der Waals surface area (Å²) in [6.07, 6.45) is 14.1. The predicted octanol–water partition coefficient (Wildman–Crippen LogP) is 4.40. The number of anilines is 3. The van der Waals surface area contributed by atoms with E-state index in [1.54, 1.807) is 12.4 Å². The van der Waals surface area contributed by atoms with E-state index >= 15 is 0 Å². The number of ether oxygens (including phenoxy) is 1. The van der Waals surface area contributed by atoms with Crippen molar-refractivity contribution in [1.82, 2.24) is 24.8 Å². The summed E-state index contributed by atoms with van der Waals surface area (Å²) >= 11 is 0. The second-order valence-corrected chi connectivity index (χ2v) is 8.82. The fourth-order valence-corrected chi connectivity index (χ4v) is 4.29. The predicted molar refractivity (Wildman–Crippen MR) is 136 cm³/mol. The zero-order valence-corrected chi connectivity index (χ0v) is 20.2. The van der Waals surface area contributed by atoms with Gasteiger partial charge in [-0.25, -0.2) is 14.8 Å². The van der Waals surface area contributed by atoms with Gasteiger partial charge in [-0.2, -0.15) is 4.98 Å². The van der Waals surface area contributed by atoms with Crippen molar-refractivity contribution >= 4 is 34.6 Å². The van der Waals surface area contributed by atoms with Gasteiger partial charge in [-0.15, -0.1) is 0 Å². The zero-order valence-electron chi connectivity index (χ0n) is 20.2. The summed E-state index contributed by atoms with van der Waals surface area (Å²) in [5.74, 6) is 1.42. The van der Waals surface area contributed by atoms with Crippen LogP contribution in [0.4, 0.5) is 22.2 Å². The summed E-state index contributed by atoms with van der Waals surface area (Å²) in [5.41, 5.74) is 1.61. The Morgan fingerprint density at radius 3 is 2.40 bits per heavy atom. The molecule has 1 saturated heterocycles. The van der Waals surface area contributed by atoms with Crippen molar-refractivity contribution in [1.29, 1.82) is 0 Å². The highest BCUT2D eigenvalue weighted by Gasteiger charge is 2.12. The van der Waals surface area contributed by atoms with Crippen molar-refractivity contribution < 1.29 is 14.6 Å². The lowest BCUT2D eigenvalue weighted by Crippen LogP contribution is -2.36. The van der Waals surface area contributed by atoms with Crippen LogP contribution in [-0.2, 0) is 11.3 Å². The number of carbonyl (C=O) groups is 1. The second-order valence-electron chi connectivity index (χ2n) is 8.82. The summed E-state index contributed by atoms with van der Waals surface area (Å²) < 4.78 is 7.37. The van der Waals surface area contributed by atoms with Crippen LogP contribution in [0.15, 0.2) is 36.8 Å². The molecule has 2 aliphatic rings. The van der Waals surface area contributed by atoms with Gasteiger partial charge >= 0.3 is 6.09 Å². The average molecular weight is 482 g/mol. The van der Waals surface area contributed by atoms with Crippen LogP contribution in [0.1, 0.15) is 44.9 Å². The van der Waals surface area contributed by atoms with E-state index in [0.717, 1.165) is 48.8 Å². The maximum absolute atomic E-state index is 10.5. The van der Waals surface area contributed by atoms with Gasteiger partial charge in [0.1, 0.15) is 11.5 Å². The lowest BCUT2D eigenvalue weighted by Gasteiger charge is -2.27. The minimum atomic E-state index is -1.01. The number of rotatable bonds is 7. The molecule has 0 unspecified atom stereocenters. The first-order valence-electron chi connectivity index (χ1n) is 12.5. The van der Waals surface area contributed by atoms with Gasteiger partial charge < -0.3 is 29.9 Å². The number of hydrogen-bond donors (Lipinski definition) is 3. The number of aryl methyl sites for hydroxylation is 1. The lowest BCUT2D eigenvalue weighted by atomic mass is 10.0. The smallest absolute Gasteiger partial charge is 0.404 e. The first-order valence-corrected chi connectivity index (χ1v) is 12.5. The van der Waals surface area contributed by atoms with Crippen molar-refractivity contribution in [2.75, 3.05) is 43.1 Å². The molecule has 35 heavy (non-hydrogen) atoms. The fraction of sp³-hybridized carbons (Fsp3) is 0.520. The minimum absolute atomic E-state index is 0.395. The highest BCUT2D eigenvalue weighted by Crippen LogP contribution is 2.20. The van der Waals surface area contributed by atoms with E-state index in [2.05, 4.69) is 30.5 Å². The van der Waals surface area contributed by atoms with Gasteiger partial charge in [0.25, 0.3) is 0 Å². The van der Waals surface area contributed by atoms with Gasteiger partial charge in [0.15, 0.2) is 0 Å². The number of hydrogen-bond acceptors (Lipinski definition) is 7. The van der Waals surface area contributed by atoms with E-state index in [1.165, 1.54) is 38.5 Å². The van der Waals surface area contributed by atoms with E-state index in [9.17, 15) is 4.79 Å². The van der Waals surface area contributed by atoms with Gasteiger partial charge in [0.05, 0.1) is 25.1 Å². The number of amides is 1. The van der Waals surface area contributed by atoms with Crippen LogP contribution < -0.4 is 15.5 Å². The topological polar surface area (TPSA) is 117 Å². The first-order chi connectivity index (χ1) is 17.2. The number of nitrogens with zero attached hydrogens (tertiary/aromatic N) is 5. The van der Waals surface area contributed by atoms with E-state index in [4.69, 9.17) is 9.84 Å². The van der Waals surface area contributed by atoms with E-state index < -0.39 is 6.09 Å². The van der Waals surface area contributed by atoms with Crippen LogP contribution in [0.5, 0.6) is 0 Å². The van der Waals surface area contributed by atoms with Crippen LogP contribution in [0.25, 0.3) is 11.0 Å². The highest BCUT2D eigenvalue weighted by atomic mass is 16.5. The molecule has 3 N–H and O–H groups in total. The maximum atomic E-state index is 10.5. The first kappa shape index (κ1) is 24.7. The molecule has 2 fully saturated rings.